The number of hydrogen-bond donors (Lipinski definition) is 0. The predicted octanol–water partition coefficient (Wildman–Crippen LogP) is 13.6. The second kappa shape index (κ2) is 21.3. The summed E-state index contributed by atoms with van der Waals surface area (Å²) >= 11 is 0. The number of benzene rings is 1. The Hall–Kier alpha value is -1.56. The molecule has 0 atom stereocenters. The van der Waals surface area contributed by atoms with Crippen LogP contribution in [0.1, 0.15) is 178 Å². The molecular weight excluding hydrogens is 456 g/mol. The minimum Gasteiger partial charge on any atom is -0.0919 e. The number of hydrogen-bond acceptors (Lipinski definition) is 0. The van der Waals surface area contributed by atoms with E-state index in [0.717, 1.165) is 0 Å². The van der Waals surface area contributed by atoms with E-state index in [4.69, 9.17) is 0 Å². The maximum Gasteiger partial charge on any atom is -0.0132 e. The number of rotatable bonds is 11. The Morgan fingerprint density at radius 1 is 0.579 bits per heavy atom. The van der Waals surface area contributed by atoms with Crippen LogP contribution in [0.25, 0.3) is 5.57 Å². The molecule has 0 fully saturated rings. The Kier molecular flexibility index (Phi) is 21.6. The van der Waals surface area contributed by atoms with Crippen molar-refractivity contribution < 1.29 is 0 Å². The van der Waals surface area contributed by atoms with Crippen LogP contribution in [0.2, 0.25) is 0 Å². The molecule has 220 valence electrons. The Morgan fingerprint density at radius 2 is 0.947 bits per heavy atom. The maximum absolute atomic E-state index is 2.37. The van der Waals surface area contributed by atoms with E-state index >= 15 is 0 Å². The molecule has 0 aliphatic carbocycles. The third-order valence-electron chi connectivity index (χ3n) is 7.43. The summed E-state index contributed by atoms with van der Waals surface area (Å²) in [6.45, 7) is 31.2. The Balaban J connectivity index is 0. The normalized spacial score (nSPS) is 12.9. The summed E-state index contributed by atoms with van der Waals surface area (Å²) in [6, 6.07) is 7.04. The largest absolute Gasteiger partial charge is 0.0919 e. The van der Waals surface area contributed by atoms with E-state index < -0.39 is 0 Å². The topological polar surface area (TPSA) is 0 Å². The first-order valence-electron chi connectivity index (χ1n) is 15.7. The maximum atomic E-state index is 2.37. The van der Waals surface area contributed by atoms with Crippen molar-refractivity contribution in [2.45, 2.75) is 172 Å². The van der Waals surface area contributed by atoms with E-state index in [1.54, 1.807) is 11.1 Å². The van der Waals surface area contributed by atoms with Gasteiger partial charge in [0.05, 0.1) is 0 Å². The summed E-state index contributed by atoms with van der Waals surface area (Å²) in [7, 11) is 0. The van der Waals surface area contributed by atoms with Gasteiger partial charge in [-0.3, -0.25) is 0 Å². The van der Waals surface area contributed by atoms with Gasteiger partial charge in [-0.2, -0.15) is 0 Å². The van der Waals surface area contributed by atoms with Crippen molar-refractivity contribution in [2.75, 3.05) is 0 Å². The van der Waals surface area contributed by atoms with E-state index in [2.05, 4.69) is 107 Å². The summed E-state index contributed by atoms with van der Waals surface area (Å²) in [5, 5.41) is 0. The lowest BCUT2D eigenvalue weighted by atomic mass is 9.79. The molecule has 1 aromatic rings. The zero-order valence-corrected chi connectivity index (χ0v) is 28.5. The molecule has 38 heavy (non-hydrogen) atoms. The van der Waals surface area contributed by atoms with Crippen LogP contribution in [0.4, 0.5) is 0 Å². The predicted molar refractivity (Wildman–Crippen MR) is 180 cm³/mol. The van der Waals surface area contributed by atoms with Crippen LogP contribution < -0.4 is 0 Å². The molecular formula is C38H68. The van der Waals surface area contributed by atoms with Crippen LogP contribution in [0.5, 0.6) is 0 Å². The van der Waals surface area contributed by atoms with Gasteiger partial charge in [-0.15, -0.1) is 0 Å². The summed E-state index contributed by atoms with van der Waals surface area (Å²) in [5.41, 5.74) is 9.27. The van der Waals surface area contributed by atoms with Crippen LogP contribution in [-0.2, 0) is 10.8 Å². The third kappa shape index (κ3) is 18.7. The zero-order chi connectivity index (χ0) is 29.8. The molecule has 0 aliphatic rings. The molecule has 0 saturated carbocycles. The summed E-state index contributed by atoms with van der Waals surface area (Å²) in [5.74, 6) is 0. The summed E-state index contributed by atoms with van der Waals surface area (Å²) in [4.78, 5) is 0. The SMILES string of the molecule is C/C=C(/C)c1cc(C(C)(C)C)cc(C(C)(C)C)c1.C/C=C/C.CCCCCC/C(C)=C(\C)CCCCCC. The third-order valence-corrected chi connectivity index (χ3v) is 7.43. The fraction of sp³-hybridized carbons (Fsp3) is 0.684. The minimum atomic E-state index is 0.198. The summed E-state index contributed by atoms with van der Waals surface area (Å²) in [6.07, 6.45) is 20.0. The molecule has 0 amide bonds. The number of unbranched alkanes of at least 4 members (excludes halogenated alkanes) is 6. The zero-order valence-electron chi connectivity index (χ0n) is 28.5. The van der Waals surface area contributed by atoms with E-state index in [1.165, 1.54) is 86.5 Å². The molecule has 0 nitrogen and oxygen atoms in total. The van der Waals surface area contributed by atoms with Crippen molar-refractivity contribution in [3.05, 3.63) is 64.3 Å². The summed E-state index contributed by atoms with van der Waals surface area (Å²) < 4.78 is 0. The molecule has 1 aromatic carbocycles. The van der Waals surface area contributed by atoms with Crippen molar-refractivity contribution in [3.63, 3.8) is 0 Å². The first-order valence-corrected chi connectivity index (χ1v) is 15.7. The van der Waals surface area contributed by atoms with Gasteiger partial charge in [0.25, 0.3) is 0 Å². The van der Waals surface area contributed by atoms with Crippen LogP contribution in [0.3, 0.4) is 0 Å². The second-order valence-corrected chi connectivity index (χ2v) is 13.1. The van der Waals surface area contributed by atoms with E-state index in [9.17, 15) is 0 Å². The molecule has 1 rings (SSSR count). The highest BCUT2D eigenvalue weighted by atomic mass is 14.2. The van der Waals surface area contributed by atoms with Crippen LogP contribution >= 0.6 is 0 Å². The average molecular weight is 525 g/mol. The standard InChI is InChI=1S/C18H28.C16H32.C4H8/c1-9-13(2)14-10-15(17(3,4)5)12-16(11-14)18(6,7)8;1-5-7-9-11-13-15(3)16(4)14-12-10-8-6-2;1-3-4-2/h9-12H,1-8H3;5-14H2,1-4H3;3-4H,1-2H3/b13-9-;16-15+;4-3+. The second-order valence-electron chi connectivity index (χ2n) is 13.1. The van der Waals surface area contributed by atoms with Crippen molar-refractivity contribution in [3.8, 4) is 0 Å². The first-order chi connectivity index (χ1) is 17.7. The van der Waals surface area contributed by atoms with Crippen LogP contribution in [0.15, 0.2) is 47.6 Å². The van der Waals surface area contributed by atoms with Gasteiger partial charge < -0.3 is 0 Å². The Labute approximate surface area is 241 Å². The van der Waals surface area contributed by atoms with Crippen molar-refractivity contribution in [2.24, 2.45) is 0 Å². The molecule has 0 aromatic heterocycles. The van der Waals surface area contributed by atoms with E-state index in [1.807, 2.05) is 26.0 Å². The van der Waals surface area contributed by atoms with Gasteiger partial charge in [0.15, 0.2) is 0 Å². The molecule has 0 saturated heterocycles. The van der Waals surface area contributed by atoms with Gasteiger partial charge in [-0.25, -0.2) is 0 Å². The molecule has 0 aliphatic heterocycles. The van der Waals surface area contributed by atoms with Gasteiger partial charge in [0, 0.05) is 0 Å². The molecule has 0 heterocycles. The molecule has 0 N–H and O–H groups in total. The lowest BCUT2D eigenvalue weighted by Crippen LogP contribution is -2.16. The van der Waals surface area contributed by atoms with Gasteiger partial charge >= 0.3 is 0 Å². The van der Waals surface area contributed by atoms with Gasteiger partial charge in [0.2, 0.25) is 0 Å². The van der Waals surface area contributed by atoms with Crippen LogP contribution in [-0.4, -0.2) is 0 Å². The molecule has 0 bridgehead atoms. The van der Waals surface area contributed by atoms with Gasteiger partial charge in [-0.05, 0) is 100 Å². The first kappa shape index (κ1) is 38.6. The van der Waals surface area contributed by atoms with Crippen molar-refractivity contribution >= 4 is 5.57 Å². The van der Waals surface area contributed by atoms with Gasteiger partial charge in [-0.1, -0.05) is 141 Å². The molecule has 0 spiro atoms. The highest BCUT2D eigenvalue weighted by Crippen LogP contribution is 2.32. The smallest absolute Gasteiger partial charge is 0.0132 e. The minimum absolute atomic E-state index is 0.198. The Bertz CT molecular complexity index is 758. The van der Waals surface area contributed by atoms with Crippen LogP contribution in [0, 0.1) is 0 Å². The van der Waals surface area contributed by atoms with Crippen molar-refractivity contribution in [1.82, 2.24) is 0 Å². The van der Waals surface area contributed by atoms with E-state index in [0.29, 0.717) is 0 Å². The van der Waals surface area contributed by atoms with E-state index in [-0.39, 0.29) is 10.8 Å². The lowest BCUT2D eigenvalue weighted by Gasteiger charge is -2.26. The molecule has 0 unspecified atom stereocenters. The monoisotopic (exact) mass is 525 g/mol. The fourth-order valence-corrected chi connectivity index (χ4v) is 3.95. The highest BCUT2D eigenvalue weighted by Gasteiger charge is 2.20. The average Bonchev–Trinajstić information content (AvgIpc) is 2.87. The highest BCUT2D eigenvalue weighted by molar-refractivity contribution is 5.65. The molecule has 0 radical (unpaired) electrons. The van der Waals surface area contributed by atoms with Crippen molar-refractivity contribution in [1.29, 1.82) is 0 Å². The Morgan fingerprint density at radius 3 is 1.21 bits per heavy atom. The quantitative estimate of drug-likeness (QED) is 0.199. The van der Waals surface area contributed by atoms with Gasteiger partial charge in [0.1, 0.15) is 0 Å². The fourth-order valence-electron chi connectivity index (χ4n) is 3.95. The molecule has 0 heteroatoms. The lowest BCUT2D eigenvalue weighted by molar-refractivity contribution is 0.568. The number of allylic oxidation sites excluding steroid dienone is 6.